The van der Waals surface area contributed by atoms with Crippen molar-refractivity contribution in [2.24, 2.45) is 0 Å². The zero-order valence-corrected chi connectivity index (χ0v) is 17.6. The van der Waals surface area contributed by atoms with Crippen LogP contribution in [0.15, 0.2) is 46.1 Å². The molecule has 4 rings (SSSR count). The van der Waals surface area contributed by atoms with E-state index in [1.165, 1.54) is 24.4 Å². The molecule has 1 aliphatic rings. The molecule has 0 spiro atoms. The summed E-state index contributed by atoms with van der Waals surface area (Å²) in [7, 11) is 0. The topological polar surface area (TPSA) is 95.4 Å². The quantitative estimate of drug-likeness (QED) is 0.533. The van der Waals surface area contributed by atoms with Crippen molar-refractivity contribution in [2.75, 3.05) is 13.2 Å². The number of aromatic nitrogens is 3. The van der Waals surface area contributed by atoms with E-state index in [0.29, 0.717) is 19.6 Å². The smallest absolute Gasteiger partial charge is 0.416 e. The molecule has 1 fully saturated rings. The lowest BCUT2D eigenvalue weighted by atomic mass is 10.2. The summed E-state index contributed by atoms with van der Waals surface area (Å²) in [6, 6.07) is 5.70. The molecule has 0 radical (unpaired) electrons. The van der Waals surface area contributed by atoms with Crippen LogP contribution in [0.25, 0.3) is 11.0 Å². The second kappa shape index (κ2) is 9.75. The third kappa shape index (κ3) is 5.60. The largest absolute Gasteiger partial charge is 0.456 e. The van der Waals surface area contributed by atoms with Gasteiger partial charge in [-0.15, -0.1) is 0 Å². The summed E-state index contributed by atoms with van der Waals surface area (Å²) in [5, 5.41) is 0.0793. The number of halogens is 3. The molecule has 2 aromatic heterocycles. The van der Waals surface area contributed by atoms with Crippen molar-refractivity contribution in [1.29, 1.82) is 0 Å². The molecular weight excluding hydrogens is 443 g/mol. The second-order valence-corrected chi connectivity index (χ2v) is 7.60. The van der Waals surface area contributed by atoms with Crippen LogP contribution in [0, 0.1) is 0 Å². The number of pyridine rings is 1. The minimum atomic E-state index is -4.51. The molecule has 1 aliphatic heterocycles. The summed E-state index contributed by atoms with van der Waals surface area (Å²) >= 11 is 0. The first-order valence-corrected chi connectivity index (χ1v) is 10.5. The highest BCUT2D eigenvalue weighted by Crippen LogP contribution is 2.32. The Bertz CT molecular complexity index is 1230. The number of alkyl halides is 3. The highest BCUT2D eigenvalue weighted by atomic mass is 19.4. The minimum absolute atomic E-state index is 0.0576. The highest BCUT2D eigenvalue weighted by Gasteiger charge is 2.30. The first-order chi connectivity index (χ1) is 15.8. The maximum Gasteiger partial charge on any atom is 0.416 e. The van der Waals surface area contributed by atoms with Crippen molar-refractivity contribution in [1.82, 2.24) is 14.5 Å². The van der Waals surface area contributed by atoms with E-state index in [0.717, 1.165) is 36.0 Å². The number of nitrogens with one attached hydrogen (secondary N) is 1. The van der Waals surface area contributed by atoms with Gasteiger partial charge in [-0.25, -0.2) is 9.78 Å². The van der Waals surface area contributed by atoms with Crippen molar-refractivity contribution in [3.05, 3.63) is 62.9 Å². The molecule has 0 bridgehead atoms. The van der Waals surface area contributed by atoms with Gasteiger partial charge in [0.25, 0.3) is 5.56 Å². The third-order valence-electron chi connectivity index (χ3n) is 5.17. The predicted octanol–water partition coefficient (Wildman–Crippen LogP) is 3.83. The van der Waals surface area contributed by atoms with Crippen LogP contribution in [0.2, 0.25) is 0 Å². The Morgan fingerprint density at radius 3 is 2.79 bits per heavy atom. The van der Waals surface area contributed by atoms with E-state index >= 15 is 0 Å². The van der Waals surface area contributed by atoms with E-state index < -0.39 is 23.0 Å². The lowest BCUT2D eigenvalue weighted by molar-refractivity contribution is -0.163. The summed E-state index contributed by atoms with van der Waals surface area (Å²) in [5.41, 5.74) is -1.99. The summed E-state index contributed by atoms with van der Waals surface area (Å²) in [6.45, 7) is 1.10. The lowest BCUT2D eigenvalue weighted by Gasteiger charge is -2.22. The molecule has 1 unspecified atom stereocenters. The Kier molecular flexibility index (Phi) is 6.80. The van der Waals surface area contributed by atoms with Gasteiger partial charge in [0, 0.05) is 13.2 Å². The number of benzene rings is 1. The van der Waals surface area contributed by atoms with E-state index in [1.54, 1.807) is 0 Å². The van der Waals surface area contributed by atoms with Gasteiger partial charge in [0.15, 0.2) is 6.29 Å². The van der Waals surface area contributed by atoms with Crippen molar-refractivity contribution in [3.63, 3.8) is 0 Å². The number of aromatic amines is 1. The molecule has 1 N–H and O–H groups in total. The van der Waals surface area contributed by atoms with Crippen molar-refractivity contribution in [3.8, 4) is 11.5 Å². The highest BCUT2D eigenvalue weighted by molar-refractivity contribution is 5.74. The number of hydrogen-bond donors (Lipinski definition) is 1. The van der Waals surface area contributed by atoms with Crippen LogP contribution in [-0.4, -0.2) is 34.0 Å². The Hall–Kier alpha value is -3.18. The SMILES string of the molecule is O=c1[nH]c2ncc(Oc3cccc(C(F)(F)F)c3)cc2c(=O)n1CCCOC1CCCCO1. The molecule has 1 aromatic carbocycles. The molecule has 176 valence electrons. The fraction of sp³-hybridized carbons (Fsp3) is 0.409. The zero-order valence-electron chi connectivity index (χ0n) is 17.6. The summed E-state index contributed by atoms with van der Waals surface area (Å²) in [5.74, 6) is 0.00751. The lowest BCUT2D eigenvalue weighted by Crippen LogP contribution is -2.35. The van der Waals surface area contributed by atoms with Crippen LogP contribution in [0.3, 0.4) is 0 Å². The average Bonchev–Trinajstić information content (AvgIpc) is 2.79. The molecule has 0 saturated carbocycles. The number of hydrogen-bond acceptors (Lipinski definition) is 6. The normalized spacial score (nSPS) is 16.8. The van der Waals surface area contributed by atoms with Gasteiger partial charge in [-0.1, -0.05) is 6.07 Å². The maximum atomic E-state index is 12.9. The van der Waals surface area contributed by atoms with Gasteiger partial charge in [-0.3, -0.25) is 14.3 Å². The fourth-order valence-electron chi connectivity index (χ4n) is 3.53. The molecule has 0 aliphatic carbocycles. The van der Waals surface area contributed by atoms with E-state index in [1.807, 2.05) is 0 Å². The van der Waals surface area contributed by atoms with Crippen LogP contribution in [-0.2, 0) is 22.2 Å². The molecule has 1 saturated heterocycles. The van der Waals surface area contributed by atoms with Crippen LogP contribution in [0.4, 0.5) is 13.2 Å². The molecule has 1 atom stereocenters. The number of ether oxygens (including phenoxy) is 3. The van der Waals surface area contributed by atoms with E-state index in [4.69, 9.17) is 14.2 Å². The third-order valence-corrected chi connectivity index (χ3v) is 5.17. The van der Waals surface area contributed by atoms with Gasteiger partial charge in [0.2, 0.25) is 0 Å². The molecule has 3 aromatic rings. The number of nitrogens with zero attached hydrogens (tertiary/aromatic N) is 2. The number of fused-ring (bicyclic) bond motifs is 1. The van der Waals surface area contributed by atoms with Gasteiger partial charge < -0.3 is 14.2 Å². The Balaban J connectivity index is 1.50. The molecule has 33 heavy (non-hydrogen) atoms. The van der Waals surface area contributed by atoms with Gasteiger partial charge in [0.05, 0.1) is 23.8 Å². The van der Waals surface area contributed by atoms with Gasteiger partial charge in [-0.05, 0) is 49.9 Å². The van der Waals surface area contributed by atoms with E-state index in [9.17, 15) is 22.8 Å². The van der Waals surface area contributed by atoms with Crippen molar-refractivity contribution >= 4 is 11.0 Å². The monoisotopic (exact) mass is 465 g/mol. The van der Waals surface area contributed by atoms with Gasteiger partial charge >= 0.3 is 11.9 Å². The summed E-state index contributed by atoms with van der Waals surface area (Å²) in [4.78, 5) is 31.7. The predicted molar refractivity (Wildman–Crippen MR) is 112 cm³/mol. The van der Waals surface area contributed by atoms with E-state index in [-0.39, 0.29) is 35.4 Å². The number of H-pyrrole nitrogens is 1. The van der Waals surface area contributed by atoms with Crippen molar-refractivity contribution < 1.29 is 27.4 Å². The van der Waals surface area contributed by atoms with Crippen LogP contribution in [0.1, 0.15) is 31.2 Å². The van der Waals surface area contributed by atoms with Crippen LogP contribution >= 0.6 is 0 Å². The average molecular weight is 465 g/mol. The standard InChI is InChI=1S/C22H22F3N3O5/c23-22(24,25)14-5-3-6-15(11-14)33-16-12-17-19(26-13-16)27-21(30)28(20(17)29)8-4-10-32-18-7-1-2-9-31-18/h3,5-6,11-13,18H,1-2,4,7-10H2,(H,26,27,30). The zero-order chi connectivity index (χ0) is 23.4. The first-order valence-electron chi connectivity index (χ1n) is 10.5. The summed E-state index contributed by atoms with van der Waals surface area (Å²) < 4.78 is 56.4. The Labute approximate surface area is 185 Å². The minimum Gasteiger partial charge on any atom is -0.456 e. The fourth-order valence-corrected chi connectivity index (χ4v) is 3.53. The van der Waals surface area contributed by atoms with Crippen molar-refractivity contribution in [2.45, 2.75) is 44.7 Å². The Morgan fingerprint density at radius 2 is 2.03 bits per heavy atom. The van der Waals surface area contributed by atoms with E-state index in [2.05, 4.69) is 9.97 Å². The maximum absolute atomic E-state index is 12.9. The molecule has 3 heterocycles. The number of rotatable bonds is 7. The molecule has 11 heteroatoms. The van der Waals surface area contributed by atoms with Gasteiger partial charge in [-0.2, -0.15) is 13.2 Å². The van der Waals surface area contributed by atoms with Crippen LogP contribution in [0.5, 0.6) is 11.5 Å². The Morgan fingerprint density at radius 1 is 1.18 bits per heavy atom. The first kappa shape index (κ1) is 23.0. The molecule has 8 nitrogen and oxygen atoms in total. The summed E-state index contributed by atoms with van der Waals surface area (Å²) in [6.07, 6.45) is -0.271. The van der Waals surface area contributed by atoms with Gasteiger partial charge in [0.1, 0.15) is 17.1 Å². The molecular formula is C22H22F3N3O5. The van der Waals surface area contributed by atoms with Crippen LogP contribution < -0.4 is 16.0 Å². The second-order valence-electron chi connectivity index (χ2n) is 7.60. The molecule has 0 amide bonds.